The molecule has 1 aromatic heterocycles. The molecule has 0 aliphatic carbocycles. The Morgan fingerprint density at radius 1 is 1.10 bits per heavy atom. The van der Waals surface area contributed by atoms with Gasteiger partial charge in [-0.15, -0.1) is 0 Å². The molecule has 3 aromatic rings. The smallest absolute Gasteiger partial charge is 0.300 e. The summed E-state index contributed by atoms with van der Waals surface area (Å²) in [7, 11) is 1.41. The Bertz CT molecular complexity index is 1190. The number of ketones is 1. The predicted molar refractivity (Wildman–Crippen MR) is 118 cm³/mol. The molecule has 1 fully saturated rings. The second kappa shape index (κ2) is 8.13. The largest absolute Gasteiger partial charge is 0.507 e. The number of Topliss-reactive ketones (excluding diaryl/α,β-unsaturated/α-hetero) is 1. The van der Waals surface area contributed by atoms with E-state index in [4.69, 9.17) is 32.4 Å². The molecular weight excluding hydrogens is 441 g/mol. The van der Waals surface area contributed by atoms with E-state index >= 15 is 0 Å². The van der Waals surface area contributed by atoms with E-state index in [-0.39, 0.29) is 26.9 Å². The first-order valence-electron chi connectivity index (χ1n) is 9.28. The molecule has 31 heavy (non-hydrogen) atoms. The zero-order chi connectivity index (χ0) is 22.3. The molecule has 1 aliphatic heterocycles. The predicted octanol–water partition coefficient (Wildman–Crippen LogP) is 5.53. The second-order valence-corrected chi connectivity index (χ2v) is 7.81. The first kappa shape index (κ1) is 21.0. The molecule has 1 atom stereocenters. The molecule has 0 bridgehead atoms. The number of amides is 1. The molecule has 1 aliphatic rings. The number of aryl methyl sites for hydroxylation is 1. The zero-order valence-electron chi connectivity index (χ0n) is 16.6. The van der Waals surface area contributed by atoms with Crippen LogP contribution in [0.5, 0.6) is 5.75 Å². The van der Waals surface area contributed by atoms with Gasteiger partial charge >= 0.3 is 0 Å². The van der Waals surface area contributed by atoms with Crippen molar-refractivity contribution in [3.8, 4) is 5.75 Å². The van der Waals surface area contributed by atoms with E-state index in [1.807, 2.05) is 13.0 Å². The Morgan fingerprint density at radius 2 is 1.81 bits per heavy atom. The van der Waals surface area contributed by atoms with E-state index in [1.54, 1.807) is 30.3 Å². The molecular formula is C23H17Cl2NO5. The van der Waals surface area contributed by atoms with Gasteiger partial charge in [-0.2, -0.15) is 0 Å². The number of nitrogens with zero attached hydrogens (tertiary/aromatic N) is 1. The number of aliphatic hydroxyl groups excluding tert-OH is 1. The summed E-state index contributed by atoms with van der Waals surface area (Å²) in [4.78, 5) is 27.4. The molecule has 6 nitrogen and oxygen atoms in total. The number of benzene rings is 2. The SMILES string of the molecule is COc1c(Cl)cc(/C(O)=C2/C(=O)C(=O)N(c3cccc(C)c3)C2c2ccco2)cc1Cl. The Kier molecular flexibility index (Phi) is 5.52. The van der Waals surface area contributed by atoms with E-state index < -0.39 is 23.5 Å². The lowest BCUT2D eigenvalue weighted by molar-refractivity contribution is -0.132. The summed E-state index contributed by atoms with van der Waals surface area (Å²) in [6, 6.07) is 12.3. The Balaban J connectivity index is 1.94. The van der Waals surface area contributed by atoms with Crippen LogP contribution in [-0.4, -0.2) is 23.9 Å². The van der Waals surface area contributed by atoms with Crippen molar-refractivity contribution in [1.82, 2.24) is 0 Å². The molecule has 0 saturated carbocycles. The van der Waals surface area contributed by atoms with Gasteiger partial charge in [0.1, 0.15) is 17.6 Å². The Morgan fingerprint density at radius 3 is 2.39 bits per heavy atom. The number of carbonyl (C=O) groups is 2. The average molecular weight is 458 g/mol. The fraction of sp³-hybridized carbons (Fsp3) is 0.130. The number of aliphatic hydroxyl groups is 1. The fourth-order valence-corrected chi connectivity index (χ4v) is 4.28. The van der Waals surface area contributed by atoms with Crippen molar-refractivity contribution < 1.29 is 23.8 Å². The van der Waals surface area contributed by atoms with E-state index in [9.17, 15) is 14.7 Å². The lowest BCUT2D eigenvalue weighted by Gasteiger charge is -2.23. The van der Waals surface area contributed by atoms with Crippen LogP contribution in [0, 0.1) is 6.92 Å². The number of carbonyl (C=O) groups excluding carboxylic acids is 2. The summed E-state index contributed by atoms with van der Waals surface area (Å²) in [6.07, 6.45) is 1.44. The van der Waals surface area contributed by atoms with Gasteiger partial charge < -0.3 is 14.3 Å². The van der Waals surface area contributed by atoms with Gasteiger partial charge in [0.2, 0.25) is 0 Å². The first-order chi connectivity index (χ1) is 14.8. The Labute approximate surface area is 188 Å². The number of anilines is 1. The minimum Gasteiger partial charge on any atom is -0.507 e. The van der Waals surface area contributed by atoms with Crippen LogP contribution in [0.25, 0.3) is 5.76 Å². The third kappa shape index (κ3) is 3.58. The van der Waals surface area contributed by atoms with Crippen LogP contribution in [0.1, 0.15) is 22.9 Å². The minimum absolute atomic E-state index is 0.126. The van der Waals surface area contributed by atoms with Crippen LogP contribution in [0.4, 0.5) is 5.69 Å². The molecule has 0 spiro atoms. The maximum Gasteiger partial charge on any atom is 0.300 e. The summed E-state index contributed by atoms with van der Waals surface area (Å²) in [5.41, 5.74) is 1.47. The van der Waals surface area contributed by atoms with Crippen LogP contribution in [0.15, 0.2) is 64.8 Å². The number of hydrogen-bond donors (Lipinski definition) is 1. The molecule has 158 valence electrons. The molecule has 1 N–H and O–H groups in total. The maximum absolute atomic E-state index is 13.0. The first-order valence-corrected chi connectivity index (χ1v) is 10.0. The van der Waals surface area contributed by atoms with Gasteiger partial charge in [-0.3, -0.25) is 14.5 Å². The van der Waals surface area contributed by atoms with Gasteiger partial charge in [-0.25, -0.2) is 0 Å². The van der Waals surface area contributed by atoms with E-state index in [2.05, 4.69) is 0 Å². The van der Waals surface area contributed by atoms with E-state index in [0.29, 0.717) is 11.4 Å². The minimum atomic E-state index is -0.962. The van der Waals surface area contributed by atoms with Crippen LogP contribution < -0.4 is 9.64 Å². The van der Waals surface area contributed by atoms with Crippen molar-refractivity contribution >= 4 is 46.3 Å². The monoisotopic (exact) mass is 457 g/mol. The van der Waals surface area contributed by atoms with Crippen molar-refractivity contribution in [2.75, 3.05) is 12.0 Å². The van der Waals surface area contributed by atoms with E-state index in [0.717, 1.165) is 5.56 Å². The van der Waals surface area contributed by atoms with Crippen LogP contribution >= 0.6 is 23.2 Å². The fourth-order valence-electron chi connectivity index (χ4n) is 3.64. The standard InChI is InChI=1S/C23H17Cl2NO5/c1-12-5-3-6-14(9-12)26-19(17-7-4-8-31-17)18(21(28)23(26)29)20(27)13-10-15(24)22(30-2)16(25)11-13/h3-11,19,27H,1-2H3/b20-18-. The number of hydrogen-bond acceptors (Lipinski definition) is 5. The third-order valence-electron chi connectivity index (χ3n) is 5.01. The molecule has 1 saturated heterocycles. The van der Waals surface area contributed by atoms with Crippen LogP contribution in [0.3, 0.4) is 0 Å². The van der Waals surface area contributed by atoms with Gasteiger partial charge in [0, 0.05) is 11.3 Å². The topological polar surface area (TPSA) is 80.0 Å². The van der Waals surface area contributed by atoms with Crippen molar-refractivity contribution in [1.29, 1.82) is 0 Å². The third-order valence-corrected chi connectivity index (χ3v) is 5.57. The summed E-state index contributed by atoms with van der Waals surface area (Å²) in [6.45, 7) is 1.88. The second-order valence-electron chi connectivity index (χ2n) is 7.00. The highest BCUT2D eigenvalue weighted by Crippen LogP contribution is 2.44. The van der Waals surface area contributed by atoms with Crippen molar-refractivity contribution in [2.45, 2.75) is 13.0 Å². The number of methoxy groups -OCH3 is 1. The quantitative estimate of drug-likeness (QED) is 0.316. The molecule has 1 unspecified atom stereocenters. The molecule has 4 rings (SSSR count). The van der Waals surface area contributed by atoms with E-state index in [1.165, 1.54) is 30.4 Å². The number of furan rings is 1. The van der Waals surface area contributed by atoms with Gasteiger partial charge in [0.25, 0.3) is 11.7 Å². The molecule has 2 heterocycles. The zero-order valence-corrected chi connectivity index (χ0v) is 18.1. The van der Waals surface area contributed by atoms with Crippen LogP contribution in [-0.2, 0) is 9.59 Å². The number of ether oxygens (including phenoxy) is 1. The molecule has 2 aromatic carbocycles. The highest BCUT2D eigenvalue weighted by molar-refractivity contribution is 6.51. The maximum atomic E-state index is 13.0. The molecule has 0 radical (unpaired) electrons. The summed E-state index contributed by atoms with van der Waals surface area (Å²) in [5, 5.41) is 11.4. The highest BCUT2D eigenvalue weighted by atomic mass is 35.5. The Hall–Kier alpha value is -3.22. The molecule has 1 amide bonds. The van der Waals surface area contributed by atoms with Gasteiger partial charge in [-0.1, -0.05) is 35.3 Å². The number of halogens is 2. The summed E-state index contributed by atoms with van der Waals surface area (Å²) >= 11 is 12.4. The van der Waals surface area contributed by atoms with Crippen molar-refractivity contribution in [2.24, 2.45) is 0 Å². The van der Waals surface area contributed by atoms with Crippen LogP contribution in [0.2, 0.25) is 10.0 Å². The van der Waals surface area contributed by atoms with Gasteiger partial charge in [-0.05, 0) is 48.9 Å². The molecule has 8 heteroatoms. The van der Waals surface area contributed by atoms with Gasteiger partial charge in [0.05, 0.1) is 29.0 Å². The van der Waals surface area contributed by atoms with Crippen molar-refractivity contribution in [3.63, 3.8) is 0 Å². The summed E-state index contributed by atoms with van der Waals surface area (Å²) in [5.74, 6) is -1.47. The van der Waals surface area contributed by atoms with Gasteiger partial charge in [0.15, 0.2) is 5.75 Å². The summed E-state index contributed by atoms with van der Waals surface area (Å²) < 4.78 is 10.7. The van der Waals surface area contributed by atoms with Crippen molar-refractivity contribution in [3.05, 3.63) is 87.3 Å². The normalized spacial score (nSPS) is 17.9. The lowest BCUT2D eigenvalue weighted by atomic mass is 9.99. The average Bonchev–Trinajstić information content (AvgIpc) is 3.34. The lowest BCUT2D eigenvalue weighted by Crippen LogP contribution is -2.29. The highest BCUT2D eigenvalue weighted by Gasteiger charge is 2.48. The number of rotatable bonds is 4.